The second kappa shape index (κ2) is 8.63. The molecule has 2 aliphatic heterocycles. The molecule has 0 saturated carbocycles. The SMILES string of the molecule is CN1CCN(CC(=O)c2ccc3c(c2)/C(=C/c2cc(Br)c(O)c(Br)c2)C(=O)N3)CC1. The van der Waals surface area contributed by atoms with Gasteiger partial charge in [0.25, 0.3) is 5.91 Å². The molecule has 30 heavy (non-hydrogen) atoms. The van der Waals surface area contributed by atoms with Gasteiger partial charge in [0.15, 0.2) is 5.78 Å². The van der Waals surface area contributed by atoms with E-state index >= 15 is 0 Å². The molecule has 1 amide bonds. The van der Waals surface area contributed by atoms with Gasteiger partial charge in [-0.3, -0.25) is 14.5 Å². The van der Waals surface area contributed by atoms with Crippen molar-refractivity contribution in [3.63, 3.8) is 0 Å². The molecule has 2 aromatic carbocycles. The van der Waals surface area contributed by atoms with Crippen LogP contribution in [0.5, 0.6) is 5.75 Å². The molecular weight excluding hydrogens is 514 g/mol. The van der Waals surface area contributed by atoms with Crippen molar-refractivity contribution in [1.82, 2.24) is 9.80 Å². The highest BCUT2D eigenvalue weighted by Gasteiger charge is 2.26. The zero-order valence-electron chi connectivity index (χ0n) is 16.4. The van der Waals surface area contributed by atoms with Crippen molar-refractivity contribution in [2.45, 2.75) is 0 Å². The highest BCUT2D eigenvalue weighted by atomic mass is 79.9. The monoisotopic (exact) mass is 533 g/mol. The molecule has 0 spiro atoms. The Kier molecular flexibility index (Phi) is 6.11. The zero-order valence-corrected chi connectivity index (χ0v) is 19.6. The summed E-state index contributed by atoms with van der Waals surface area (Å²) < 4.78 is 1.05. The van der Waals surface area contributed by atoms with Crippen molar-refractivity contribution in [1.29, 1.82) is 0 Å². The summed E-state index contributed by atoms with van der Waals surface area (Å²) in [4.78, 5) is 29.8. The Bertz CT molecular complexity index is 1040. The van der Waals surface area contributed by atoms with Gasteiger partial charge in [-0.05, 0) is 80.9 Å². The number of likely N-dealkylation sites (N-methyl/N-ethyl adjacent to an activating group) is 1. The fourth-order valence-electron chi connectivity index (χ4n) is 3.64. The Morgan fingerprint density at radius 3 is 2.47 bits per heavy atom. The molecule has 0 bridgehead atoms. The summed E-state index contributed by atoms with van der Waals surface area (Å²) in [6.45, 7) is 4.05. The Morgan fingerprint density at radius 2 is 1.80 bits per heavy atom. The molecule has 0 radical (unpaired) electrons. The first-order chi connectivity index (χ1) is 14.3. The van der Waals surface area contributed by atoms with Crippen molar-refractivity contribution < 1.29 is 14.7 Å². The van der Waals surface area contributed by atoms with Gasteiger partial charge in [0.05, 0.1) is 15.5 Å². The number of anilines is 1. The van der Waals surface area contributed by atoms with E-state index < -0.39 is 0 Å². The first-order valence-corrected chi connectivity index (χ1v) is 11.2. The number of amides is 1. The predicted molar refractivity (Wildman–Crippen MR) is 125 cm³/mol. The number of carbonyl (C=O) groups is 2. The van der Waals surface area contributed by atoms with Crippen LogP contribution in [0.15, 0.2) is 39.3 Å². The van der Waals surface area contributed by atoms with Crippen LogP contribution in [0, 0.1) is 0 Å². The molecule has 0 unspecified atom stereocenters. The maximum atomic E-state index is 12.8. The highest BCUT2D eigenvalue weighted by molar-refractivity contribution is 9.11. The quantitative estimate of drug-likeness (QED) is 0.460. The molecule has 0 aromatic heterocycles. The summed E-state index contributed by atoms with van der Waals surface area (Å²) in [6, 6.07) is 8.82. The number of nitrogens with one attached hydrogen (secondary N) is 1. The molecule has 0 aliphatic carbocycles. The lowest BCUT2D eigenvalue weighted by atomic mass is 9.99. The number of nitrogens with zero attached hydrogens (tertiary/aromatic N) is 2. The molecule has 2 aliphatic rings. The van der Waals surface area contributed by atoms with E-state index in [1.54, 1.807) is 36.4 Å². The van der Waals surface area contributed by atoms with Crippen molar-refractivity contribution in [2.24, 2.45) is 0 Å². The van der Waals surface area contributed by atoms with Gasteiger partial charge in [-0.15, -0.1) is 0 Å². The predicted octanol–water partition coefficient (Wildman–Crippen LogP) is 3.84. The maximum Gasteiger partial charge on any atom is 0.256 e. The lowest BCUT2D eigenvalue weighted by Gasteiger charge is -2.31. The number of hydrogen-bond acceptors (Lipinski definition) is 5. The van der Waals surface area contributed by atoms with E-state index in [0.717, 1.165) is 31.7 Å². The first-order valence-electron chi connectivity index (χ1n) is 9.61. The molecule has 4 rings (SSSR count). The number of rotatable bonds is 4. The summed E-state index contributed by atoms with van der Waals surface area (Å²) >= 11 is 6.62. The third-order valence-electron chi connectivity index (χ3n) is 5.44. The summed E-state index contributed by atoms with van der Waals surface area (Å²) in [5, 5.41) is 12.8. The minimum absolute atomic E-state index is 0.0520. The topological polar surface area (TPSA) is 72.9 Å². The number of Topliss-reactive ketones (excluding diaryl/α,β-unsaturated/α-hetero) is 1. The molecule has 2 N–H and O–H groups in total. The summed E-state index contributed by atoms with van der Waals surface area (Å²) in [5.41, 5.74) is 3.24. The number of ketones is 1. The van der Waals surface area contributed by atoms with Crippen LogP contribution in [0.2, 0.25) is 0 Å². The van der Waals surface area contributed by atoms with Gasteiger partial charge in [0, 0.05) is 48.6 Å². The van der Waals surface area contributed by atoms with Crippen molar-refractivity contribution in [3.8, 4) is 5.75 Å². The first kappa shape index (κ1) is 21.2. The number of halogens is 2. The number of phenolic OH excluding ortho intramolecular Hbond substituents is 1. The molecule has 8 heteroatoms. The standard InChI is InChI=1S/C22H21Br2N3O3/c1-26-4-6-27(7-5-26)12-20(28)14-2-3-19-15(11-14)16(22(30)25-19)8-13-9-17(23)21(29)18(24)10-13/h2-3,8-11,29H,4-7,12H2,1H3,(H,25,30)/b16-8-. The van der Waals surface area contributed by atoms with E-state index in [1.807, 2.05) is 0 Å². The number of hydrogen-bond donors (Lipinski definition) is 2. The fourth-order valence-corrected chi connectivity index (χ4v) is 4.86. The van der Waals surface area contributed by atoms with E-state index in [-0.39, 0.29) is 17.4 Å². The van der Waals surface area contributed by atoms with Crippen LogP contribution in [-0.4, -0.2) is 66.4 Å². The van der Waals surface area contributed by atoms with Crippen LogP contribution in [-0.2, 0) is 4.79 Å². The molecular formula is C22H21Br2N3O3. The fraction of sp³-hybridized carbons (Fsp3) is 0.273. The van der Waals surface area contributed by atoms with Crippen LogP contribution < -0.4 is 5.32 Å². The van der Waals surface area contributed by atoms with E-state index in [9.17, 15) is 14.7 Å². The van der Waals surface area contributed by atoms with Crippen molar-refractivity contribution in [3.05, 3.63) is 56.0 Å². The van der Waals surface area contributed by atoms with Gasteiger partial charge in [0.1, 0.15) is 5.75 Å². The lowest BCUT2D eigenvalue weighted by Crippen LogP contribution is -2.46. The van der Waals surface area contributed by atoms with Gasteiger partial charge in [-0.25, -0.2) is 0 Å². The molecule has 0 atom stereocenters. The molecule has 156 valence electrons. The lowest BCUT2D eigenvalue weighted by molar-refractivity contribution is -0.110. The van der Waals surface area contributed by atoms with Crippen LogP contribution in [0.25, 0.3) is 11.6 Å². The Labute approximate surface area is 191 Å². The van der Waals surface area contributed by atoms with Crippen molar-refractivity contribution >= 4 is 60.9 Å². The average molecular weight is 535 g/mol. The van der Waals surface area contributed by atoms with E-state index in [2.05, 4.69) is 54.0 Å². The van der Waals surface area contributed by atoms with E-state index in [1.165, 1.54) is 0 Å². The van der Waals surface area contributed by atoms with Crippen molar-refractivity contribution in [2.75, 3.05) is 45.1 Å². The van der Waals surface area contributed by atoms with E-state index in [4.69, 9.17) is 0 Å². The smallest absolute Gasteiger partial charge is 0.256 e. The van der Waals surface area contributed by atoms with Crippen LogP contribution in [0.3, 0.4) is 0 Å². The minimum atomic E-state index is -0.214. The number of carbonyl (C=O) groups excluding carboxylic acids is 2. The van der Waals surface area contributed by atoms with Gasteiger partial charge < -0.3 is 15.3 Å². The van der Waals surface area contributed by atoms with Crippen LogP contribution >= 0.6 is 31.9 Å². The molecule has 2 heterocycles. The second-order valence-electron chi connectivity index (χ2n) is 7.61. The minimum Gasteiger partial charge on any atom is -0.506 e. The second-order valence-corrected chi connectivity index (χ2v) is 9.32. The van der Waals surface area contributed by atoms with Gasteiger partial charge >= 0.3 is 0 Å². The van der Waals surface area contributed by atoms with Gasteiger partial charge in [-0.2, -0.15) is 0 Å². The Hall–Kier alpha value is -2.00. The summed E-state index contributed by atoms with van der Waals surface area (Å²) in [7, 11) is 2.09. The Balaban J connectivity index is 1.61. The number of benzene rings is 2. The third kappa shape index (κ3) is 4.37. The van der Waals surface area contributed by atoms with Crippen LogP contribution in [0.4, 0.5) is 5.69 Å². The largest absolute Gasteiger partial charge is 0.506 e. The van der Waals surface area contributed by atoms with Gasteiger partial charge in [-0.1, -0.05) is 0 Å². The maximum absolute atomic E-state index is 12.8. The van der Waals surface area contributed by atoms with E-state index in [0.29, 0.717) is 37.9 Å². The molecule has 1 saturated heterocycles. The molecule has 1 fully saturated rings. The molecule has 2 aromatic rings. The zero-order chi connectivity index (χ0) is 21.4. The van der Waals surface area contributed by atoms with Crippen LogP contribution in [0.1, 0.15) is 21.5 Å². The Morgan fingerprint density at radius 1 is 1.13 bits per heavy atom. The normalized spacial score (nSPS) is 18.5. The highest BCUT2D eigenvalue weighted by Crippen LogP contribution is 2.37. The molecule has 6 nitrogen and oxygen atoms in total. The average Bonchev–Trinajstić information content (AvgIpc) is 3.02. The third-order valence-corrected chi connectivity index (χ3v) is 6.65. The number of aromatic hydroxyl groups is 1. The number of phenols is 1. The summed E-state index contributed by atoms with van der Waals surface area (Å²) in [6.07, 6.45) is 1.75. The summed E-state index contributed by atoms with van der Waals surface area (Å²) in [5.74, 6) is -0.0598. The number of piperazine rings is 1. The van der Waals surface area contributed by atoms with Gasteiger partial charge in [0.2, 0.25) is 0 Å². The number of fused-ring (bicyclic) bond motifs is 1.